The van der Waals surface area contributed by atoms with Gasteiger partial charge in [0.25, 0.3) is 0 Å². The molecule has 0 saturated heterocycles. The molecule has 0 aliphatic heterocycles. The standard InChI is InChI=1S/C13H16N2O/c1-3-14-10(2)13-15-9-12(16-13)11-7-5-4-6-8-11/h4-10,14H,3H2,1-2H3. The van der Waals surface area contributed by atoms with Gasteiger partial charge in [0, 0.05) is 5.56 Å². The van der Waals surface area contributed by atoms with E-state index in [9.17, 15) is 0 Å². The van der Waals surface area contributed by atoms with Gasteiger partial charge in [0.15, 0.2) is 5.76 Å². The lowest BCUT2D eigenvalue weighted by Crippen LogP contribution is -2.17. The Morgan fingerprint density at radius 2 is 2.06 bits per heavy atom. The number of oxazole rings is 1. The van der Waals surface area contributed by atoms with Crippen molar-refractivity contribution in [2.75, 3.05) is 6.54 Å². The summed E-state index contributed by atoms with van der Waals surface area (Å²) in [6, 6.07) is 10.2. The monoisotopic (exact) mass is 216 g/mol. The first-order valence-electron chi connectivity index (χ1n) is 5.55. The van der Waals surface area contributed by atoms with Crippen LogP contribution in [-0.2, 0) is 0 Å². The minimum absolute atomic E-state index is 0.155. The third-order valence-electron chi connectivity index (χ3n) is 2.46. The van der Waals surface area contributed by atoms with E-state index in [-0.39, 0.29) is 6.04 Å². The van der Waals surface area contributed by atoms with Crippen LogP contribution in [-0.4, -0.2) is 11.5 Å². The Morgan fingerprint density at radius 1 is 1.31 bits per heavy atom. The maximum Gasteiger partial charge on any atom is 0.211 e. The van der Waals surface area contributed by atoms with Crippen molar-refractivity contribution >= 4 is 0 Å². The zero-order valence-electron chi connectivity index (χ0n) is 9.60. The summed E-state index contributed by atoms with van der Waals surface area (Å²) in [5.41, 5.74) is 1.06. The van der Waals surface area contributed by atoms with Crippen LogP contribution in [0, 0.1) is 0 Å². The molecule has 3 heteroatoms. The van der Waals surface area contributed by atoms with Crippen molar-refractivity contribution in [2.45, 2.75) is 19.9 Å². The molecule has 0 amide bonds. The average molecular weight is 216 g/mol. The number of nitrogens with one attached hydrogen (secondary N) is 1. The third-order valence-corrected chi connectivity index (χ3v) is 2.46. The van der Waals surface area contributed by atoms with Gasteiger partial charge in [-0.3, -0.25) is 0 Å². The van der Waals surface area contributed by atoms with Crippen LogP contribution in [0.2, 0.25) is 0 Å². The molecule has 0 fully saturated rings. The number of aromatic nitrogens is 1. The molecule has 16 heavy (non-hydrogen) atoms. The van der Waals surface area contributed by atoms with E-state index in [1.165, 1.54) is 0 Å². The Labute approximate surface area is 95.5 Å². The lowest BCUT2D eigenvalue weighted by atomic mass is 10.2. The van der Waals surface area contributed by atoms with E-state index < -0.39 is 0 Å². The van der Waals surface area contributed by atoms with Crippen LogP contribution in [0.15, 0.2) is 40.9 Å². The molecule has 0 saturated carbocycles. The van der Waals surface area contributed by atoms with E-state index in [1.807, 2.05) is 37.3 Å². The molecule has 1 aromatic carbocycles. The second-order valence-corrected chi connectivity index (χ2v) is 3.71. The average Bonchev–Trinajstić information content (AvgIpc) is 2.80. The van der Waals surface area contributed by atoms with Crippen LogP contribution < -0.4 is 5.32 Å². The third kappa shape index (κ3) is 2.31. The van der Waals surface area contributed by atoms with E-state index in [4.69, 9.17) is 4.42 Å². The normalized spacial score (nSPS) is 12.6. The number of hydrogen-bond donors (Lipinski definition) is 1. The molecule has 1 heterocycles. The lowest BCUT2D eigenvalue weighted by Gasteiger charge is -2.06. The molecule has 1 unspecified atom stereocenters. The number of nitrogens with zero attached hydrogens (tertiary/aromatic N) is 1. The van der Waals surface area contributed by atoms with Crippen molar-refractivity contribution in [1.29, 1.82) is 0 Å². The van der Waals surface area contributed by atoms with Crippen LogP contribution in [0.4, 0.5) is 0 Å². The highest BCUT2D eigenvalue weighted by molar-refractivity contribution is 5.55. The maximum absolute atomic E-state index is 5.71. The van der Waals surface area contributed by atoms with Gasteiger partial charge in [-0.25, -0.2) is 4.98 Å². The van der Waals surface area contributed by atoms with Gasteiger partial charge in [0.1, 0.15) is 0 Å². The van der Waals surface area contributed by atoms with Crippen molar-refractivity contribution in [1.82, 2.24) is 10.3 Å². The van der Waals surface area contributed by atoms with Crippen molar-refractivity contribution in [3.63, 3.8) is 0 Å². The van der Waals surface area contributed by atoms with Crippen molar-refractivity contribution in [3.8, 4) is 11.3 Å². The summed E-state index contributed by atoms with van der Waals surface area (Å²) >= 11 is 0. The first kappa shape index (κ1) is 10.9. The van der Waals surface area contributed by atoms with Gasteiger partial charge >= 0.3 is 0 Å². The van der Waals surface area contributed by atoms with Crippen molar-refractivity contribution < 1.29 is 4.42 Å². The van der Waals surface area contributed by atoms with Gasteiger partial charge < -0.3 is 9.73 Å². The largest absolute Gasteiger partial charge is 0.439 e. The van der Waals surface area contributed by atoms with Gasteiger partial charge in [-0.05, 0) is 13.5 Å². The van der Waals surface area contributed by atoms with Gasteiger partial charge in [0.2, 0.25) is 5.89 Å². The second kappa shape index (κ2) is 4.94. The molecule has 0 aliphatic carbocycles. The first-order chi connectivity index (χ1) is 7.81. The zero-order valence-corrected chi connectivity index (χ0v) is 9.60. The molecule has 0 spiro atoms. The van der Waals surface area contributed by atoms with E-state index in [2.05, 4.69) is 17.2 Å². The minimum Gasteiger partial charge on any atom is -0.439 e. The van der Waals surface area contributed by atoms with E-state index in [1.54, 1.807) is 6.20 Å². The van der Waals surface area contributed by atoms with Crippen LogP contribution in [0.25, 0.3) is 11.3 Å². The minimum atomic E-state index is 0.155. The Kier molecular flexibility index (Phi) is 3.37. The fraction of sp³-hybridized carbons (Fsp3) is 0.308. The number of rotatable bonds is 4. The van der Waals surface area contributed by atoms with Gasteiger partial charge in [-0.15, -0.1) is 0 Å². The molecule has 1 atom stereocenters. The summed E-state index contributed by atoms with van der Waals surface area (Å²) in [4.78, 5) is 4.28. The quantitative estimate of drug-likeness (QED) is 0.853. The summed E-state index contributed by atoms with van der Waals surface area (Å²) in [6.45, 7) is 5.02. The summed E-state index contributed by atoms with van der Waals surface area (Å²) < 4.78 is 5.71. The second-order valence-electron chi connectivity index (χ2n) is 3.71. The summed E-state index contributed by atoms with van der Waals surface area (Å²) in [6.07, 6.45) is 1.78. The van der Waals surface area contributed by atoms with Crippen molar-refractivity contribution in [3.05, 3.63) is 42.4 Å². The van der Waals surface area contributed by atoms with Crippen molar-refractivity contribution in [2.24, 2.45) is 0 Å². The molecule has 0 aliphatic rings. The molecule has 0 radical (unpaired) electrons. The summed E-state index contributed by atoms with van der Waals surface area (Å²) in [5, 5.41) is 3.27. The summed E-state index contributed by atoms with van der Waals surface area (Å²) in [7, 11) is 0. The fourth-order valence-corrected chi connectivity index (χ4v) is 1.62. The van der Waals surface area contributed by atoms with Gasteiger partial charge in [-0.1, -0.05) is 37.3 Å². The topological polar surface area (TPSA) is 38.1 Å². The molecule has 2 aromatic rings. The molecular formula is C13H16N2O. The van der Waals surface area contributed by atoms with Gasteiger partial charge in [-0.2, -0.15) is 0 Å². The van der Waals surface area contributed by atoms with Crippen LogP contribution in [0.3, 0.4) is 0 Å². The highest BCUT2D eigenvalue weighted by atomic mass is 16.4. The first-order valence-corrected chi connectivity index (χ1v) is 5.55. The van der Waals surface area contributed by atoms with Crippen LogP contribution in [0.5, 0.6) is 0 Å². The Balaban J connectivity index is 2.20. The van der Waals surface area contributed by atoms with E-state index in [0.29, 0.717) is 0 Å². The van der Waals surface area contributed by atoms with Gasteiger partial charge in [0.05, 0.1) is 12.2 Å². The fourth-order valence-electron chi connectivity index (χ4n) is 1.62. The Morgan fingerprint density at radius 3 is 2.75 bits per heavy atom. The van der Waals surface area contributed by atoms with E-state index >= 15 is 0 Å². The highest BCUT2D eigenvalue weighted by Crippen LogP contribution is 2.22. The Bertz CT molecular complexity index is 436. The SMILES string of the molecule is CCNC(C)c1ncc(-c2ccccc2)o1. The molecule has 1 aromatic heterocycles. The lowest BCUT2D eigenvalue weighted by molar-refractivity contribution is 0.429. The van der Waals surface area contributed by atoms with Crippen LogP contribution >= 0.6 is 0 Å². The predicted octanol–water partition coefficient (Wildman–Crippen LogP) is 3.01. The van der Waals surface area contributed by atoms with Crippen LogP contribution in [0.1, 0.15) is 25.8 Å². The number of hydrogen-bond acceptors (Lipinski definition) is 3. The molecular weight excluding hydrogens is 200 g/mol. The molecule has 1 N–H and O–H groups in total. The number of benzene rings is 1. The highest BCUT2D eigenvalue weighted by Gasteiger charge is 2.11. The molecule has 0 bridgehead atoms. The maximum atomic E-state index is 5.71. The Hall–Kier alpha value is -1.61. The zero-order chi connectivity index (χ0) is 11.4. The smallest absolute Gasteiger partial charge is 0.211 e. The molecule has 2 rings (SSSR count). The molecule has 3 nitrogen and oxygen atoms in total. The van der Waals surface area contributed by atoms with E-state index in [0.717, 1.165) is 23.8 Å². The summed E-state index contributed by atoms with van der Waals surface area (Å²) in [5.74, 6) is 1.56. The molecule has 84 valence electrons. The predicted molar refractivity (Wildman–Crippen MR) is 64.0 cm³/mol.